The second-order valence-corrected chi connectivity index (χ2v) is 16.1. The minimum atomic E-state index is -0.522. The molecule has 11 aromatic rings. The Morgan fingerprint density at radius 1 is 0.306 bits per heavy atom. The summed E-state index contributed by atoms with van der Waals surface area (Å²) < 4.78 is 6.25. The van der Waals surface area contributed by atoms with Gasteiger partial charge in [-0.2, -0.15) is 0 Å². The smallest absolute Gasteiger partial charge is 0.160 e. The average molecular weight is 791 g/mol. The molecule has 0 N–H and O–H groups in total. The molecule has 0 fully saturated rings. The van der Waals surface area contributed by atoms with Crippen molar-refractivity contribution in [2.75, 3.05) is 0 Å². The van der Waals surface area contributed by atoms with Crippen LogP contribution < -0.4 is 0 Å². The van der Waals surface area contributed by atoms with E-state index in [1.807, 2.05) is 30.3 Å². The molecule has 3 heteroatoms. The van der Waals surface area contributed by atoms with E-state index in [1.54, 1.807) is 0 Å². The van der Waals surface area contributed by atoms with E-state index >= 15 is 0 Å². The molecule has 0 amide bonds. The molecule has 0 atom stereocenters. The number of para-hydroxylation sites is 1. The molecule has 0 saturated carbocycles. The van der Waals surface area contributed by atoms with E-state index in [2.05, 4.69) is 200 Å². The Morgan fingerprint density at radius 2 is 0.839 bits per heavy atom. The van der Waals surface area contributed by atoms with Gasteiger partial charge in [0.05, 0.1) is 16.8 Å². The summed E-state index contributed by atoms with van der Waals surface area (Å²) in [5, 5.41) is 2.20. The van der Waals surface area contributed by atoms with Crippen LogP contribution in [-0.2, 0) is 5.41 Å². The average Bonchev–Trinajstić information content (AvgIpc) is 3.88. The van der Waals surface area contributed by atoms with Gasteiger partial charge in [-0.25, -0.2) is 9.97 Å². The number of fused-ring (bicyclic) bond motifs is 6. The fraction of sp³-hybridized carbons (Fsp3) is 0.0169. The van der Waals surface area contributed by atoms with Crippen molar-refractivity contribution in [2.45, 2.75) is 5.41 Å². The number of nitrogens with zero attached hydrogens (tertiary/aromatic N) is 2. The first-order valence-corrected chi connectivity index (χ1v) is 21.1. The lowest BCUT2D eigenvalue weighted by molar-refractivity contribution is 0.669. The molecule has 62 heavy (non-hydrogen) atoms. The Balaban J connectivity index is 1.07. The van der Waals surface area contributed by atoms with Crippen molar-refractivity contribution in [3.63, 3.8) is 0 Å². The predicted octanol–water partition coefficient (Wildman–Crippen LogP) is 15.1. The van der Waals surface area contributed by atoms with Gasteiger partial charge in [-0.05, 0) is 92.0 Å². The summed E-state index contributed by atoms with van der Waals surface area (Å²) in [7, 11) is 0. The van der Waals surface area contributed by atoms with E-state index in [0.717, 1.165) is 72.3 Å². The van der Waals surface area contributed by atoms with E-state index in [9.17, 15) is 0 Å². The van der Waals surface area contributed by atoms with Crippen molar-refractivity contribution in [2.24, 2.45) is 0 Å². The normalized spacial score (nSPS) is 12.6. The molecule has 0 aliphatic heterocycles. The van der Waals surface area contributed by atoms with Crippen LogP contribution in [0.25, 0.3) is 89.2 Å². The van der Waals surface area contributed by atoms with Crippen LogP contribution in [0.15, 0.2) is 235 Å². The summed E-state index contributed by atoms with van der Waals surface area (Å²) in [5.74, 6) is 0.680. The van der Waals surface area contributed by atoms with Gasteiger partial charge in [-0.15, -0.1) is 0 Å². The zero-order valence-electron chi connectivity index (χ0n) is 33.7. The molecule has 0 spiro atoms. The molecule has 12 rings (SSSR count). The van der Waals surface area contributed by atoms with E-state index in [4.69, 9.17) is 14.4 Å². The molecule has 2 aromatic heterocycles. The van der Waals surface area contributed by atoms with Crippen molar-refractivity contribution in [3.05, 3.63) is 253 Å². The van der Waals surface area contributed by atoms with Crippen LogP contribution in [0, 0.1) is 0 Å². The number of rotatable bonds is 7. The summed E-state index contributed by atoms with van der Waals surface area (Å²) in [6.07, 6.45) is 0. The summed E-state index contributed by atoms with van der Waals surface area (Å²) >= 11 is 0. The second-order valence-electron chi connectivity index (χ2n) is 16.1. The van der Waals surface area contributed by atoms with Gasteiger partial charge >= 0.3 is 0 Å². The lowest BCUT2D eigenvalue weighted by atomic mass is 9.67. The molecule has 290 valence electrons. The molecule has 1 aliphatic rings. The van der Waals surface area contributed by atoms with E-state index in [1.165, 1.54) is 33.4 Å². The molecule has 3 nitrogen and oxygen atoms in total. The van der Waals surface area contributed by atoms with Crippen LogP contribution in [0.4, 0.5) is 0 Å². The van der Waals surface area contributed by atoms with Gasteiger partial charge in [0.2, 0.25) is 0 Å². The minimum absolute atomic E-state index is 0.522. The lowest BCUT2D eigenvalue weighted by Gasteiger charge is -2.34. The third-order valence-electron chi connectivity index (χ3n) is 12.6. The Morgan fingerprint density at radius 3 is 1.55 bits per heavy atom. The molecule has 9 aromatic carbocycles. The Labute approximate surface area is 360 Å². The van der Waals surface area contributed by atoms with Crippen molar-refractivity contribution in [3.8, 4) is 67.3 Å². The van der Waals surface area contributed by atoms with Crippen molar-refractivity contribution in [1.82, 2.24) is 9.97 Å². The Bertz CT molecular complexity index is 3410. The number of hydrogen-bond acceptors (Lipinski definition) is 3. The fourth-order valence-corrected chi connectivity index (χ4v) is 9.77. The van der Waals surface area contributed by atoms with Crippen LogP contribution in [0.1, 0.15) is 22.3 Å². The largest absolute Gasteiger partial charge is 0.456 e. The van der Waals surface area contributed by atoms with Crippen LogP contribution in [0.2, 0.25) is 0 Å². The first kappa shape index (κ1) is 35.8. The summed E-state index contributed by atoms with van der Waals surface area (Å²) in [5.41, 5.74) is 18.0. The van der Waals surface area contributed by atoms with Crippen molar-refractivity contribution in [1.29, 1.82) is 0 Å². The van der Waals surface area contributed by atoms with E-state index < -0.39 is 5.41 Å². The molecule has 1 aliphatic carbocycles. The van der Waals surface area contributed by atoms with E-state index in [0.29, 0.717) is 5.82 Å². The van der Waals surface area contributed by atoms with Crippen LogP contribution in [-0.4, -0.2) is 9.97 Å². The molecule has 0 saturated heterocycles. The van der Waals surface area contributed by atoms with Gasteiger partial charge in [-0.3, -0.25) is 0 Å². The van der Waals surface area contributed by atoms with Gasteiger partial charge in [0.25, 0.3) is 0 Å². The third-order valence-corrected chi connectivity index (χ3v) is 12.6. The monoisotopic (exact) mass is 790 g/mol. The van der Waals surface area contributed by atoms with Crippen LogP contribution in [0.3, 0.4) is 0 Å². The third kappa shape index (κ3) is 5.74. The maximum absolute atomic E-state index is 6.25. The van der Waals surface area contributed by atoms with Gasteiger partial charge in [0, 0.05) is 27.5 Å². The number of benzene rings is 9. The lowest BCUT2D eigenvalue weighted by Crippen LogP contribution is -2.28. The van der Waals surface area contributed by atoms with Gasteiger partial charge in [0.15, 0.2) is 5.82 Å². The summed E-state index contributed by atoms with van der Waals surface area (Å²) in [4.78, 5) is 10.7. The van der Waals surface area contributed by atoms with Crippen LogP contribution >= 0.6 is 0 Å². The highest BCUT2D eigenvalue weighted by Crippen LogP contribution is 2.56. The van der Waals surface area contributed by atoms with Crippen molar-refractivity contribution >= 4 is 21.9 Å². The number of furan rings is 1. The highest BCUT2D eigenvalue weighted by Gasteiger charge is 2.46. The topological polar surface area (TPSA) is 38.9 Å². The van der Waals surface area contributed by atoms with Gasteiger partial charge in [0.1, 0.15) is 11.2 Å². The molecular weight excluding hydrogens is 753 g/mol. The Hall–Kier alpha value is -8.14. The number of hydrogen-bond donors (Lipinski definition) is 0. The predicted molar refractivity (Wildman–Crippen MR) is 254 cm³/mol. The zero-order chi connectivity index (χ0) is 41.0. The van der Waals surface area contributed by atoms with Gasteiger partial charge in [-0.1, -0.05) is 194 Å². The molecule has 0 unspecified atom stereocenters. The summed E-state index contributed by atoms with van der Waals surface area (Å²) in [6.45, 7) is 0. The second kappa shape index (κ2) is 14.5. The van der Waals surface area contributed by atoms with Gasteiger partial charge < -0.3 is 4.42 Å². The summed E-state index contributed by atoms with van der Waals surface area (Å²) in [6, 6.07) is 82.3. The molecule has 0 bridgehead atoms. The highest BCUT2D eigenvalue weighted by atomic mass is 16.3. The maximum atomic E-state index is 6.25. The number of aromatic nitrogens is 2. The molecular formula is C59H38N2O. The highest BCUT2D eigenvalue weighted by molar-refractivity contribution is 6.07. The minimum Gasteiger partial charge on any atom is -0.456 e. The van der Waals surface area contributed by atoms with Crippen molar-refractivity contribution < 1.29 is 4.42 Å². The standard InChI is InChI=1S/C59H38N2O/c1-5-17-39(18-6-1)46-32-29-42(36-50(46)41-31-34-57-51(35-41)49-26-14-16-28-56(49)62-57)54-38-55(61-58(60-54)40-19-7-2-8-20-40)43-30-33-48-47-25-13-15-27-52(47)59(53(48)37-43,44-21-9-3-10-22-44)45-23-11-4-12-24-45/h1-38H. The first-order chi connectivity index (χ1) is 30.7. The zero-order valence-corrected chi connectivity index (χ0v) is 33.7. The first-order valence-electron chi connectivity index (χ1n) is 21.1. The maximum Gasteiger partial charge on any atom is 0.160 e. The van der Waals surface area contributed by atoms with E-state index in [-0.39, 0.29) is 0 Å². The molecule has 2 heterocycles. The quantitative estimate of drug-likeness (QED) is 0.161. The SMILES string of the molecule is c1ccc(-c2nc(-c3ccc(-c4ccccc4)c(-c4ccc5oc6ccccc6c5c4)c3)cc(-c3ccc4c(c3)C(c3ccccc3)(c3ccccc3)c3ccccc3-4)n2)cc1. The molecule has 0 radical (unpaired) electrons. The van der Waals surface area contributed by atoms with Crippen LogP contribution in [0.5, 0.6) is 0 Å². The Kier molecular flexibility index (Phi) is 8.39. The fourth-order valence-electron chi connectivity index (χ4n) is 9.77.